The second-order valence-electron chi connectivity index (χ2n) is 8.38. The molecule has 1 aliphatic rings. The van der Waals surface area contributed by atoms with Gasteiger partial charge in [0.05, 0.1) is 17.1 Å². The largest absolute Gasteiger partial charge is 0.345 e. The number of aromatic amines is 1. The lowest BCUT2D eigenvalue weighted by atomic mass is 10.1. The van der Waals surface area contributed by atoms with Crippen molar-refractivity contribution in [3.63, 3.8) is 0 Å². The third-order valence-corrected chi connectivity index (χ3v) is 8.97. The molecule has 34 heavy (non-hydrogen) atoms. The van der Waals surface area contributed by atoms with Gasteiger partial charge in [0.2, 0.25) is 15.9 Å². The van der Waals surface area contributed by atoms with E-state index in [2.05, 4.69) is 15.0 Å². The van der Waals surface area contributed by atoms with Crippen LogP contribution in [0.5, 0.6) is 0 Å². The van der Waals surface area contributed by atoms with Gasteiger partial charge in [0.25, 0.3) is 0 Å². The van der Waals surface area contributed by atoms with Crippen molar-refractivity contribution in [3.05, 3.63) is 64.2 Å². The number of piperazine rings is 1. The lowest BCUT2D eigenvalue weighted by Crippen LogP contribution is -2.50. The van der Waals surface area contributed by atoms with Crippen molar-refractivity contribution in [1.82, 2.24) is 24.2 Å². The minimum atomic E-state index is -3.68. The maximum Gasteiger partial charge on any atom is 0.245 e. The highest BCUT2D eigenvalue weighted by Crippen LogP contribution is 2.30. The number of fused-ring (bicyclic) bond motifs is 1. The molecule has 10 heteroatoms. The predicted octanol–water partition coefficient (Wildman–Crippen LogP) is 3.38. The van der Waals surface area contributed by atoms with Gasteiger partial charge in [-0.2, -0.15) is 4.31 Å². The minimum absolute atomic E-state index is 0.00893. The minimum Gasteiger partial charge on any atom is -0.345 e. The fourth-order valence-corrected chi connectivity index (χ4v) is 6.76. The fourth-order valence-electron chi connectivity index (χ4n) is 4.24. The first-order chi connectivity index (χ1) is 16.3. The number of thiazole rings is 1. The number of hydrogen-bond acceptors (Lipinski definition) is 6. The monoisotopic (exact) mass is 495 g/mol. The molecule has 1 aromatic carbocycles. The van der Waals surface area contributed by atoms with Gasteiger partial charge in [-0.05, 0) is 26.0 Å². The number of sulfonamides is 1. The number of carbonyl (C=O) groups is 1. The molecule has 0 radical (unpaired) electrons. The smallest absolute Gasteiger partial charge is 0.245 e. The number of nitrogens with zero attached hydrogens (tertiary/aromatic N) is 4. The Morgan fingerprint density at radius 3 is 2.56 bits per heavy atom. The van der Waals surface area contributed by atoms with Gasteiger partial charge in [0.15, 0.2) is 0 Å². The van der Waals surface area contributed by atoms with E-state index in [4.69, 9.17) is 0 Å². The maximum atomic E-state index is 13.2. The van der Waals surface area contributed by atoms with Crippen molar-refractivity contribution >= 4 is 38.3 Å². The first-order valence-corrected chi connectivity index (χ1v) is 13.3. The van der Waals surface area contributed by atoms with Crippen LogP contribution in [0.4, 0.5) is 0 Å². The number of aromatic nitrogens is 3. The van der Waals surface area contributed by atoms with Crippen LogP contribution < -0.4 is 0 Å². The lowest BCUT2D eigenvalue weighted by molar-refractivity contribution is -0.131. The Kier molecular flexibility index (Phi) is 5.97. The second kappa shape index (κ2) is 8.94. The zero-order valence-electron chi connectivity index (χ0n) is 19.0. The summed E-state index contributed by atoms with van der Waals surface area (Å²) in [7, 11) is -3.68. The number of aryl methyl sites for hydroxylation is 2. The molecule has 8 nitrogen and oxygen atoms in total. The first-order valence-electron chi connectivity index (χ1n) is 11.1. The quantitative estimate of drug-likeness (QED) is 0.458. The summed E-state index contributed by atoms with van der Waals surface area (Å²) < 4.78 is 27.9. The van der Waals surface area contributed by atoms with Crippen molar-refractivity contribution in [2.75, 3.05) is 26.2 Å². The Bertz CT molecular complexity index is 1450. The highest BCUT2D eigenvalue weighted by molar-refractivity contribution is 7.89. The Morgan fingerprint density at radius 2 is 1.82 bits per heavy atom. The summed E-state index contributed by atoms with van der Waals surface area (Å²) >= 11 is 1.54. The summed E-state index contributed by atoms with van der Waals surface area (Å²) in [5, 5.41) is 1.49. The van der Waals surface area contributed by atoms with E-state index in [9.17, 15) is 13.2 Å². The molecule has 0 atom stereocenters. The molecule has 4 heterocycles. The molecule has 1 N–H and O–H groups in total. The molecule has 5 rings (SSSR count). The zero-order chi connectivity index (χ0) is 23.9. The van der Waals surface area contributed by atoms with E-state index < -0.39 is 10.0 Å². The first kappa shape index (κ1) is 22.7. The van der Waals surface area contributed by atoms with Crippen LogP contribution in [0.25, 0.3) is 22.3 Å². The van der Waals surface area contributed by atoms with E-state index in [1.165, 1.54) is 27.4 Å². The molecule has 0 aliphatic carbocycles. The highest BCUT2D eigenvalue weighted by atomic mass is 32.2. The van der Waals surface area contributed by atoms with Gasteiger partial charge in [-0.3, -0.25) is 4.79 Å². The zero-order valence-corrected chi connectivity index (χ0v) is 20.6. The predicted molar refractivity (Wildman–Crippen MR) is 132 cm³/mol. The molecule has 0 unspecified atom stereocenters. The van der Waals surface area contributed by atoms with Crippen LogP contribution >= 0.6 is 11.3 Å². The summed E-state index contributed by atoms with van der Waals surface area (Å²) in [6, 6.07) is 11.6. The van der Waals surface area contributed by atoms with E-state index >= 15 is 0 Å². The van der Waals surface area contributed by atoms with Crippen molar-refractivity contribution in [1.29, 1.82) is 0 Å². The molecule has 1 fully saturated rings. The van der Waals surface area contributed by atoms with Crippen molar-refractivity contribution in [2.24, 2.45) is 0 Å². The summed E-state index contributed by atoms with van der Waals surface area (Å²) in [6.45, 7) is 5.21. The number of pyridine rings is 1. The SMILES string of the molecule is Cc1ccc(-c2nc(C)sc2CC(=O)N2CCN(S(=O)(=O)c3c[nH]c4ncccc34)CC2)cc1. The summed E-state index contributed by atoms with van der Waals surface area (Å²) in [6.07, 6.45) is 3.37. The summed E-state index contributed by atoms with van der Waals surface area (Å²) in [4.78, 5) is 27.8. The fraction of sp³-hybridized carbons (Fsp3) is 0.292. The summed E-state index contributed by atoms with van der Waals surface area (Å²) in [5.74, 6) is -0.00893. The molecular weight excluding hydrogens is 470 g/mol. The number of amides is 1. The van der Waals surface area contributed by atoms with Gasteiger partial charge in [-0.25, -0.2) is 18.4 Å². The molecule has 3 aromatic heterocycles. The van der Waals surface area contributed by atoms with Crippen molar-refractivity contribution in [3.8, 4) is 11.3 Å². The summed E-state index contributed by atoms with van der Waals surface area (Å²) in [5.41, 5.74) is 3.57. The van der Waals surface area contributed by atoms with E-state index in [1.807, 2.05) is 38.1 Å². The Balaban J connectivity index is 1.28. The van der Waals surface area contributed by atoms with E-state index in [0.717, 1.165) is 21.1 Å². The number of nitrogens with one attached hydrogen (secondary N) is 1. The average molecular weight is 496 g/mol. The van der Waals surface area contributed by atoms with Crippen LogP contribution in [-0.4, -0.2) is 64.7 Å². The van der Waals surface area contributed by atoms with Crippen LogP contribution in [0, 0.1) is 13.8 Å². The molecule has 0 saturated carbocycles. The van der Waals surface area contributed by atoms with Gasteiger partial charge in [0.1, 0.15) is 10.5 Å². The number of H-pyrrole nitrogens is 1. The van der Waals surface area contributed by atoms with Crippen LogP contribution in [0.1, 0.15) is 15.4 Å². The number of hydrogen-bond donors (Lipinski definition) is 1. The molecule has 1 amide bonds. The molecule has 1 aliphatic heterocycles. The van der Waals surface area contributed by atoms with Crippen LogP contribution in [-0.2, 0) is 21.2 Å². The Labute approximate surface area is 202 Å². The average Bonchev–Trinajstić information content (AvgIpc) is 3.43. The Morgan fingerprint density at radius 1 is 1.09 bits per heavy atom. The van der Waals surface area contributed by atoms with Gasteiger partial charge < -0.3 is 9.88 Å². The molecule has 4 aromatic rings. The molecular formula is C24H25N5O3S2. The maximum absolute atomic E-state index is 13.2. The normalized spacial score (nSPS) is 15.2. The van der Waals surface area contributed by atoms with Crippen molar-refractivity contribution in [2.45, 2.75) is 25.2 Å². The topological polar surface area (TPSA) is 99.3 Å². The molecule has 176 valence electrons. The number of benzene rings is 1. The standard InChI is InChI=1S/C24H25N5O3S2/c1-16-5-7-18(8-6-16)23-20(33-17(2)27-23)14-22(30)28-10-12-29(13-11-28)34(31,32)21-15-26-24-19(21)4-3-9-25-24/h3-9,15H,10-14H2,1-2H3,(H,25,26). The van der Waals surface area contributed by atoms with Crippen LogP contribution in [0.15, 0.2) is 53.7 Å². The van der Waals surface area contributed by atoms with Crippen LogP contribution in [0.2, 0.25) is 0 Å². The van der Waals surface area contributed by atoms with Crippen molar-refractivity contribution < 1.29 is 13.2 Å². The van der Waals surface area contributed by atoms with Gasteiger partial charge >= 0.3 is 0 Å². The third kappa shape index (κ3) is 4.24. The van der Waals surface area contributed by atoms with E-state index in [0.29, 0.717) is 24.1 Å². The molecule has 1 saturated heterocycles. The van der Waals surface area contributed by atoms with Gasteiger partial charge in [-0.1, -0.05) is 29.8 Å². The molecule has 0 spiro atoms. The van der Waals surface area contributed by atoms with Crippen LogP contribution in [0.3, 0.4) is 0 Å². The molecule has 0 bridgehead atoms. The van der Waals surface area contributed by atoms with Gasteiger partial charge in [0, 0.05) is 54.4 Å². The third-order valence-electron chi connectivity index (χ3n) is 6.06. The lowest BCUT2D eigenvalue weighted by Gasteiger charge is -2.34. The van der Waals surface area contributed by atoms with Gasteiger partial charge in [-0.15, -0.1) is 11.3 Å². The number of carbonyl (C=O) groups excluding carboxylic acids is 1. The number of rotatable bonds is 5. The second-order valence-corrected chi connectivity index (χ2v) is 11.6. The Hall–Kier alpha value is -3.08. The van der Waals surface area contributed by atoms with E-state index in [-0.39, 0.29) is 30.3 Å². The van der Waals surface area contributed by atoms with E-state index in [1.54, 1.807) is 23.2 Å². The highest BCUT2D eigenvalue weighted by Gasteiger charge is 2.32.